The molecule has 1 aromatic heterocycles. The summed E-state index contributed by atoms with van der Waals surface area (Å²) in [6.45, 7) is 5.56. The highest BCUT2D eigenvalue weighted by Gasteiger charge is 2.04. The van der Waals surface area contributed by atoms with Crippen molar-refractivity contribution in [3.8, 4) is 0 Å². The van der Waals surface area contributed by atoms with Crippen molar-refractivity contribution in [3.63, 3.8) is 0 Å². The minimum atomic E-state index is 0.474. The molecule has 0 aliphatic rings. The molecule has 1 heterocycles. The summed E-state index contributed by atoms with van der Waals surface area (Å²) in [5.41, 5.74) is 0.746. The van der Waals surface area contributed by atoms with Crippen molar-refractivity contribution >= 4 is 23.1 Å². The predicted molar refractivity (Wildman–Crippen MR) is 54.0 cm³/mol. The van der Waals surface area contributed by atoms with E-state index in [1.165, 1.54) is 11.5 Å². The standard InChI is InChI=1S/C8H13ClN2OS/c1-6(2)3-4-12-5-7-8(9)13-11-10-7/h6H,3-5H2,1-2H3. The number of nitrogens with zero attached hydrogens (tertiary/aromatic N) is 2. The molecule has 0 amide bonds. The highest BCUT2D eigenvalue weighted by atomic mass is 35.5. The van der Waals surface area contributed by atoms with Crippen molar-refractivity contribution in [1.82, 2.24) is 9.59 Å². The minimum absolute atomic E-state index is 0.474. The molecule has 1 rings (SSSR count). The van der Waals surface area contributed by atoms with Crippen molar-refractivity contribution < 1.29 is 4.74 Å². The topological polar surface area (TPSA) is 35.0 Å². The fraction of sp³-hybridized carbons (Fsp3) is 0.750. The van der Waals surface area contributed by atoms with E-state index in [0.717, 1.165) is 18.7 Å². The molecular weight excluding hydrogens is 208 g/mol. The van der Waals surface area contributed by atoms with E-state index in [1.807, 2.05) is 0 Å². The average molecular weight is 221 g/mol. The number of hydrogen-bond donors (Lipinski definition) is 0. The molecule has 0 aliphatic carbocycles. The molecule has 0 aliphatic heterocycles. The molecular formula is C8H13ClN2OS. The van der Waals surface area contributed by atoms with Gasteiger partial charge >= 0.3 is 0 Å². The molecule has 0 aromatic carbocycles. The first-order chi connectivity index (χ1) is 6.20. The second-order valence-electron chi connectivity index (χ2n) is 3.23. The van der Waals surface area contributed by atoms with Gasteiger partial charge in [0.2, 0.25) is 0 Å². The van der Waals surface area contributed by atoms with Gasteiger partial charge in [0, 0.05) is 18.1 Å². The third-order valence-corrected chi connectivity index (χ3v) is 2.57. The summed E-state index contributed by atoms with van der Waals surface area (Å²) in [5.74, 6) is 0.670. The van der Waals surface area contributed by atoms with Crippen LogP contribution in [0.1, 0.15) is 26.0 Å². The van der Waals surface area contributed by atoms with Gasteiger partial charge in [-0.15, -0.1) is 5.10 Å². The van der Waals surface area contributed by atoms with Gasteiger partial charge in [0.15, 0.2) is 0 Å². The number of hydrogen-bond acceptors (Lipinski definition) is 4. The van der Waals surface area contributed by atoms with E-state index in [-0.39, 0.29) is 0 Å². The van der Waals surface area contributed by atoms with E-state index in [0.29, 0.717) is 16.9 Å². The molecule has 0 saturated carbocycles. The predicted octanol–water partition coefficient (Wildman–Crippen LogP) is 2.75. The third-order valence-electron chi connectivity index (χ3n) is 1.59. The lowest BCUT2D eigenvalue weighted by atomic mass is 10.1. The van der Waals surface area contributed by atoms with Gasteiger partial charge in [0.1, 0.15) is 10.0 Å². The van der Waals surface area contributed by atoms with Crippen LogP contribution in [0.25, 0.3) is 0 Å². The Morgan fingerprint density at radius 2 is 2.31 bits per heavy atom. The molecule has 0 fully saturated rings. The molecule has 0 saturated heterocycles. The molecule has 0 radical (unpaired) electrons. The second-order valence-corrected chi connectivity index (χ2v) is 4.58. The van der Waals surface area contributed by atoms with Gasteiger partial charge in [-0.25, -0.2) is 0 Å². The van der Waals surface area contributed by atoms with E-state index in [1.54, 1.807) is 0 Å². The first-order valence-electron chi connectivity index (χ1n) is 4.24. The van der Waals surface area contributed by atoms with Crippen LogP contribution in [0.5, 0.6) is 0 Å². The number of rotatable bonds is 5. The molecule has 0 atom stereocenters. The molecule has 0 bridgehead atoms. The number of aromatic nitrogens is 2. The van der Waals surface area contributed by atoms with Crippen LogP contribution >= 0.6 is 23.1 Å². The minimum Gasteiger partial charge on any atom is -0.375 e. The Labute approximate surface area is 87.2 Å². The zero-order valence-electron chi connectivity index (χ0n) is 7.79. The summed E-state index contributed by atoms with van der Waals surface area (Å²) in [6, 6.07) is 0. The average Bonchev–Trinajstić information content (AvgIpc) is 2.45. The summed E-state index contributed by atoms with van der Waals surface area (Å²) in [6.07, 6.45) is 1.06. The maximum Gasteiger partial charge on any atom is 0.139 e. The highest BCUT2D eigenvalue weighted by molar-refractivity contribution is 7.10. The van der Waals surface area contributed by atoms with E-state index in [2.05, 4.69) is 23.4 Å². The lowest BCUT2D eigenvalue weighted by Gasteiger charge is -2.04. The highest BCUT2D eigenvalue weighted by Crippen LogP contribution is 2.17. The van der Waals surface area contributed by atoms with Crippen molar-refractivity contribution in [2.24, 2.45) is 5.92 Å². The summed E-state index contributed by atoms with van der Waals surface area (Å²) in [5, 5.41) is 3.84. The van der Waals surface area contributed by atoms with E-state index >= 15 is 0 Å². The van der Waals surface area contributed by atoms with E-state index < -0.39 is 0 Å². The van der Waals surface area contributed by atoms with Crippen LogP contribution in [-0.2, 0) is 11.3 Å². The van der Waals surface area contributed by atoms with Crippen LogP contribution in [0.2, 0.25) is 4.34 Å². The Balaban J connectivity index is 2.17. The SMILES string of the molecule is CC(C)CCOCc1nnsc1Cl. The van der Waals surface area contributed by atoms with Crippen LogP contribution in [0.4, 0.5) is 0 Å². The first-order valence-corrected chi connectivity index (χ1v) is 5.39. The maximum atomic E-state index is 5.79. The van der Waals surface area contributed by atoms with Crippen LogP contribution in [-0.4, -0.2) is 16.2 Å². The largest absolute Gasteiger partial charge is 0.375 e. The zero-order valence-corrected chi connectivity index (χ0v) is 9.36. The van der Waals surface area contributed by atoms with Crippen LogP contribution in [0, 0.1) is 5.92 Å². The number of halogens is 1. The molecule has 0 unspecified atom stereocenters. The summed E-state index contributed by atoms with van der Waals surface area (Å²) in [4.78, 5) is 0. The lowest BCUT2D eigenvalue weighted by molar-refractivity contribution is 0.108. The van der Waals surface area contributed by atoms with Crippen molar-refractivity contribution in [3.05, 3.63) is 10.0 Å². The van der Waals surface area contributed by atoms with Crippen molar-refractivity contribution in [2.45, 2.75) is 26.9 Å². The normalized spacial score (nSPS) is 11.1. The van der Waals surface area contributed by atoms with Gasteiger partial charge in [0.05, 0.1) is 6.61 Å². The number of ether oxygens (including phenoxy) is 1. The van der Waals surface area contributed by atoms with Gasteiger partial charge in [-0.1, -0.05) is 29.9 Å². The molecule has 74 valence electrons. The van der Waals surface area contributed by atoms with Gasteiger partial charge in [-0.05, 0) is 12.3 Å². The Bertz CT molecular complexity index is 252. The summed E-state index contributed by atoms with van der Waals surface area (Å²) in [7, 11) is 0. The van der Waals surface area contributed by atoms with Gasteiger partial charge < -0.3 is 4.74 Å². The zero-order chi connectivity index (χ0) is 9.68. The summed E-state index contributed by atoms with van der Waals surface area (Å²) >= 11 is 6.99. The fourth-order valence-corrected chi connectivity index (χ4v) is 1.37. The Kier molecular flexibility index (Phi) is 4.62. The van der Waals surface area contributed by atoms with Crippen LogP contribution < -0.4 is 0 Å². The summed E-state index contributed by atoms with van der Waals surface area (Å²) < 4.78 is 9.73. The monoisotopic (exact) mass is 220 g/mol. The van der Waals surface area contributed by atoms with Crippen LogP contribution in [0.15, 0.2) is 0 Å². The van der Waals surface area contributed by atoms with Gasteiger partial charge in [-0.3, -0.25) is 0 Å². The molecule has 5 heteroatoms. The maximum absolute atomic E-state index is 5.79. The van der Waals surface area contributed by atoms with Gasteiger partial charge in [-0.2, -0.15) is 0 Å². The van der Waals surface area contributed by atoms with Crippen molar-refractivity contribution in [2.75, 3.05) is 6.61 Å². The molecule has 0 spiro atoms. The smallest absolute Gasteiger partial charge is 0.139 e. The van der Waals surface area contributed by atoms with Crippen LogP contribution in [0.3, 0.4) is 0 Å². The fourth-order valence-electron chi connectivity index (χ4n) is 0.771. The van der Waals surface area contributed by atoms with E-state index in [9.17, 15) is 0 Å². The van der Waals surface area contributed by atoms with E-state index in [4.69, 9.17) is 16.3 Å². The first kappa shape index (κ1) is 10.9. The lowest BCUT2D eigenvalue weighted by Crippen LogP contribution is -1.99. The second kappa shape index (κ2) is 5.52. The Morgan fingerprint density at radius 1 is 1.54 bits per heavy atom. The van der Waals surface area contributed by atoms with Gasteiger partial charge in [0.25, 0.3) is 0 Å². The Hall–Kier alpha value is -0.190. The van der Waals surface area contributed by atoms with Crippen molar-refractivity contribution in [1.29, 1.82) is 0 Å². The molecule has 0 N–H and O–H groups in total. The third kappa shape index (κ3) is 4.02. The molecule has 1 aromatic rings. The molecule has 13 heavy (non-hydrogen) atoms. The Morgan fingerprint density at radius 3 is 2.85 bits per heavy atom. The quantitative estimate of drug-likeness (QED) is 0.716. The molecule has 3 nitrogen and oxygen atoms in total.